The predicted molar refractivity (Wildman–Crippen MR) is 122 cm³/mol. The lowest BCUT2D eigenvalue weighted by Gasteiger charge is -2.17. The molecule has 1 N–H and O–H groups in total. The summed E-state index contributed by atoms with van der Waals surface area (Å²) in [5.74, 6) is -0.832. The molecular formula is C24H15Cl3O3. The number of benzene rings is 4. The fraction of sp³-hybridized carbons (Fsp3) is 0.0417. The molecule has 0 aromatic heterocycles. The number of halogens is 3. The topological polar surface area (TPSA) is 46.5 Å². The molecule has 0 bridgehead atoms. The van der Waals surface area contributed by atoms with Gasteiger partial charge in [-0.05, 0) is 34.7 Å². The minimum Gasteiger partial charge on any atom is -0.487 e. The number of carboxylic acid groups (broad SMARTS) is 1. The summed E-state index contributed by atoms with van der Waals surface area (Å²) in [5, 5.41) is 12.5. The van der Waals surface area contributed by atoms with Gasteiger partial charge < -0.3 is 9.84 Å². The van der Waals surface area contributed by atoms with E-state index in [9.17, 15) is 9.90 Å². The third kappa shape index (κ3) is 3.84. The second-order valence-corrected chi connectivity index (χ2v) is 7.82. The van der Waals surface area contributed by atoms with Crippen LogP contribution in [0.4, 0.5) is 0 Å². The van der Waals surface area contributed by atoms with Gasteiger partial charge in [-0.1, -0.05) is 89.4 Å². The number of hydrogen-bond donors (Lipinski definition) is 1. The van der Waals surface area contributed by atoms with Crippen LogP contribution in [0.5, 0.6) is 5.75 Å². The third-order valence-electron chi connectivity index (χ3n) is 4.81. The van der Waals surface area contributed by atoms with Crippen molar-refractivity contribution in [2.75, 3.05) is 0 Å². The van der Waals surface area contributed by atoms with Gasteiger partial charge in [0.05, 0.1) is 10.0 Å². The van der Waals surface area contributed by atoms with Crippen molar-refractivity contribution in [3.8, 4) is 16.9 Å². The van der Waals surface area contributed by atoms with Crippen LogP contribution < -0.4 is 4.74 Å². The zero-order chi connectivity index (χ0) is 21.3. The summed E-state index contributed by atoms with van der Waals surface area (Å²) in [5.41, 5.74) is 2.29. The number of rotatable bonds is 5. The van der Waals surface area contributed by atoms with Crippen LogP contribution in [0.3, 0.4) is 0 Å². The van der Waals surface area contributed by atoms with Gasteiger partial charge in [0.1, 0.15) is 17.9 Å². The van der Waals surface area contributed by atoms with Crippen LogP contribution in [0.1, 0.15) is 15.9 Å². The maximum atomic E-state index is 12.1. The molecule has 0 aliphatic carbocycles. The van der Waals surface area contributed by atoms with Crippen LogP contribution in [0, 0.1) is 0 Å². The first kappa shape index (κ1) is 20.5. The summed E-state index contributed by atoms with van der Waals surface area (Å²) in [7, 11) is 0. The Morgan fingerprint density at radius 3 is 2.17 bits per heavy atom. The van der Waals surface area contributed by atoms with E-state index in [1.54, 1.807) is 18.2 Å². The molecule has 0 atom stereocenters. The van der Waals surface area contributed by atoms with Crippen molar-refractivity contribution in [3.63, 3.8) is 0 Å². The zero-order valence-electron chi connectivity index (χ0n) is 15.5. The Bertz CT molecular complexity index is 1250. The van der Waals surface area contributed by atoms with Crippen LogP contribution in [-0.4, -0.2) is 11.1 Å². The molecule has 0 unspecified atom stereocenters. The van der Waals surface area contributed by atoms with Crippen LogP contribution in [0.25, 0.3) is 21.9 Å². The lowest BCUT2D eigenvalue weighted by molar-refractivity contribution is 0.0692. The Morgan fingerprint density at radius 2 is 1.47 bits per heavy atom. The van der Waals surface area contributed by atoms with Crippen molar-refractivity contribution in [1.82, 2.24) is 0 Å². The third-order valence-corrected chi connectivity index (χ3v) is 6.01. The minimum atomic E-state index is -1.09. The van der Waals surface area contributed by atoms with E-state index < -0.39 is 5.97 Å². The van der Waals surface area contributed by atoms with Crippen molar-refractivity contribution in [2.45, 2.75) is 6.61 Å². The molecule has 0 saturated carbocycles. The molecular weight excluding hydrogens is 443 g/mol. The second kappa shape index (κ2) is 8.57. The van der Waals surface area contributed by atoms with E-state index in [1.165, 1.54) is 0 Å². The summed E-state index contributed by atoms with van der Waals surface area (Å²) in [6.45, 7) is -0.0207. The van der Waals surface area contributed by atoms with Crippen molar-refractivity contribution < 1.29 is 14.6 Å². The van der Waals surface area contributed by atoms with Gasteiger partial charge >= 0.3 is 5.97 Å². The molecule has 4 rings (SSSR count). The molecule has 3 nitrogen and oxygen atoms in total. The molecule has 6 heteroatoms. The lowest BCUT2D eigenvalue weighted by Crippen LogP contribution is -2.06. The Balaban J connectivity index is 1.87. The highest BCUT2D eigenvalue weighted by Gasteiger charge is 2.20. The number of hydrogen-bond acceptors (Lipinski definition) is 2. The summed E-state index contributed by atoms with van der Waals surface area (Å²) in [6.07, 6.45) is 0. The Labute approximate surface area is 188 Å². The molecule has 0 spiro atoms. The molecule has 0 aliphatic heterocycles. The number of carboxylic acids is 1. The van der Waals surface area contributed by atoms with E-state index in [0.717, 1.165) is 16.5 Å². The van der Waals surface area contributed by atoms with Gasteiger partial charge in [0.2, 0.25) is 0 Å². The molecule has 0 saturated heterocycles. The molecule has 4 aromatic rings. The molecule has 150 valence electrons. The van der Waals surface area contributed by atoms with E-state index in [4.69, 9.17) is 39.5 Å². The molecule has 0 heterocycles. The number of ether oxygens (including phenoxy) is 1. The minimum absolute atomic E-state index is 0.0207. The first-order valence-corrected chi connectivity index (χ1v) is 10.2. The maximum absolute atomic E-state index is 12.1. The number of fused-ring (bicyclic) bond motifs is 1. The Hall–Kier alpha value is -2.72. The van der Waals surface area contributed by atoms with Gasteiger partial charge in [-0.2, -0.15) is 0 Å². The lowest BCUT2D eigenvalue weighted by atomic mass is 9.94. The first-order chi connectivity index (χ1) is 14.5. The van der Waals surface area contributed by atoms with Gasteiger partial charge in [0.25, 0.3) is 0 Å². The van der Waals surface area contributed by atoms with Crippen molar-refractivity contribution in [1.29, 1.82) is 0 Å². The van der Waals surface area contributed by atoms with Gasteiger partial charge in [-0.3, -0.25) is 0 Å². The predicted octanol–water partition coefficient (Wildman–Crippen LogP) is 7.74. The normalized spacial score (nSPS) is 10.9. The highest BCUT2D eigenvalue weighted by Crippen LogP contribution is 2.39. The summed E-state index contributed by atoms with van der Waals surface area (Å²) >= 11 is 18.6. The quantitative estimate of drug-likeness (QED) is 0.312. The maximum Gasteiger partial charge on any atom is 0.339 e. The Morgan fingerprint density at radius 1 is 0.833 bits per heavy atom. The van der Waals surface area contributed by atoms with Crippen molar-refractivity contribution >= 4 is 51.5 Å². The van der Waals surface area contributed by atoms with Crippen LogP contribution in [0.15, 0.2) is 72.8 Å². The van der Waals surface area contributed by atoms with E-state index in [0.29, 0.717) is 21.0 Å². The van der Waals surface area contributed by atoms with Gasteiger partial charge in [0, 0.05) is 16.0 Å². The van der Waals surface area contributed by atoms with E-state index in [2.05, 4.69) is 0 Å². The molecule has 0 aliphatic rings. The fourth-order valence-corrected chi connectivity index (χ4v) is 4.02. The van der Waals surface area contributed by atoms with E-state index >= 15 is 0 Å². The molecule has 0 amide bonds. The molecule has 30 heavy (non-hydrogen) atoms. The van der Waals surface area contributed by atoms with E-state index in [-0.39, 0.29) is 22.9 Å². The first-order valence-electron chi connectivity index (χ1n) is 9.07. The smallest absolute Gasteiger partial charge is 0.339 e. The summed E-state index contributed by atoms with van der Waals surface area (Å²) < 4.78 is 6.00. The van der Waals surface area contributed by atoms with Gasteiger partial charge in [-0.15, -0.1) is 0 Å². The largest absolute Gasteiger partial charge is 0.487 e. The van der Waals surface area contributed by atoms with Crippen molar-refractivity contribution in [3.05, 3.63) is 99.0 Å². The number of aromatic carboxylic acids is 1. The monoisotopic (exact) mass is 456 g/mol. The zero-order valence-corrected chi connectivity index (χ0v) is 17.8. The average molecular weight is 458 g/mol. The SMILES string of the molecule is O=C(O)c1cc(-c2ccccc2)c2ccccc2c1OCc1c(Cl)ccc(Cl)c1Cl. The summed E-state index contributed by atoms with van der Waals surface area (Å²) in [4.78, 5) is 12.1. The fourth-order valence-electron chi connectivity index (χ4n) is 3.37. The number of carbonyl (C=O) groups is 1. The van der Waals surface area contributed by atoms with Gasteiger partial charge in [0.15, 0.2) is 0 Å². The van der Waals surface area contributed by atoms with Gasteiger partial charge in [-0.25, -0.2) is 4.79 Å². The highest BCUT2D eigenvalue weighted by molar-refractivity contribution is 6.44. The second-order valence-electron chi connectivity index (χ2n) is 6.63. The standard InChI is InChI=1S/C24H15Cl3O3/c25-20-10-11-21(26)22(27)19(20)13-30-23-16-9-5-4-8-15(16)17(12-18(23)24(28)29)14-6-2-1-3-7-14/h1-12H,13H2,(H,28,29). The van der Waals surface area contributed by atoms with Crippen LogP contribution in [0.2, 0.25) is 15.1 Å². The Kier molecular flexibility index (Phi) is 5.87. The van der Waals surface area contributed by atoms with Crippen LogP contribution >= 0.6 is 34.8 Å². The van der Waals surface area contributed by atoms with Crippen LogP contribution in [-0.2, 0) is 6.61 Å². The summed E-state index contributed by atoms with van der Waals surface area (Å²) in [6, 6.07) is 22.0. The van der Waals surface area contributed by atoms with Crippen molar-refractivity contribution in [2.24, 2.45) is 0 Å². The molecule has 0 radical (unpaired) electrons. The van der Waals surface area contributed by atoms with E-state index in [1.807, 2.05) is 54.6 Å². The molecule has 0 fully saturated rings. The molecule has 4 aromatic carbocycles. The average Bonchev–Trinajstić information content (AvgIpc) is 2.76. The highest BCUT2D eigenvalue weighted by atomic mass is 35.5.